The topological polar surface area (TPSA) is 158 Å². The summed E-state index contributed by atoms with van der Waals surface area (Å²) in [6, 6.07) is 9.09. The summed E-state index contributed by atoms with van der Waals surface area (Å²) in [7, 11) is 1.35. The van der Waals surface area contributed by atoms with Crippen LogP contribution in [0.2, 0.25) is 0 Å². The molecule has 1 aromatic rings. The van der Waals surface area contributed by atoms with Crippen LogP contribution in [-0.4, -0.2) is 80.6 Å². The molecule has 0 aliphatic rings. The number of methoxy groups -OCH3 is 1. The molecular formula is C27H47N5O6. The van der Waals surface area contributed by atoms with E-state index in [1.807, 2.05) is 51.1 Å². The third-order valence-electron chi connectivity index (χ3n) is 5.51. The summed E-state index contributed by atoms with van der Waals surface area (Å²) in [6.07, 6.45) is 2.18. The SMILES string of the molecule is COC(=O)CCC(N)CN(CCNC(=O)OCc1ccccc1)CC(N)CCCCNC(=O)OC(C)(C)C. The fourth-order valence-electron chi connectivity index (χ4n) is 3.63. The summed E-state index contributed by atoms with van der Waals surface area (Å²) in [6.45, 7) is 8.16. The minimum Gasteiger partial charge on any atom is -0.469 e. The summed E-state index contributed by atoms with van der Waals surface area (Å²) in [5.41, 5.74) is 13.0. The smallest absolute Gasteiger partial charge is 0.407 e. The molecule has 0 aliphatic carbocycles. The van der Waals surface area contributed by atoms with E-state index in [1.54, 1.807) is 0 Å². The van der Waals surface area contributed by atoms with Gasteiger partial charge in [-0.25, -0.2) is 9.59 Å². The Morgan fingerprint density at radius 2 is 1.55 bits per heavy atom. The monoisotopic (exact) mass is 537 g/mol. The average molecular weight is 538 g/mol. The lowest BCUT2D eigenvalue weighted by Gasteiger charge is -2.28. The molecule has 0 saturated carbocycles. The first kappa shape index (κ1) is 33.1. The van der Waals surface area contributed by atoms with E-state index in [9.17, 15) is 14.4 Å². The fourth-order valence-corrected chi connectivity index (χ4v) is 3.63. The van der Waals surface area contributed by atoms with Crippen molar-refractivity contribution in [2.24, 2.45) is 11.5 Å². The van der Waals surface area contributed by atoms with Gasteiger partial charge in [-0.1, -0.05) is 36.8 Å². The van der Waals surface area contributed by atoms with Crippen LogP contribution in [0.4, 0.5) is 9.59 Å². The van der Waals surface area contributed by atoms with Crippen LogP contribution in [0.15, 0.2) is 30.3 Å². The molecule has 0 aromatic heterocycles. The highest BCUT2D eigenvalue weighted by molar-refractivity contribution is 5.69. The maximum Gasteiger partial charge on any atom is 0.407 e. The summed E-state index contributed by atoms with van der Waals surface area (Å²) in [5, 5.41) is 5.51. The highest BCUT2D eigenvalue weighted by atomic mass is 16.6. The molecule has 1 rings (SSSR count). The lowest BCUT2D eigenvalue weighted by molar-refractivity contribution is -0.140. The van der Waals surface area contributed by atoms with E-state index in [1.165, 1.54) is 7.11 Å². The molecule has 11 heteroatoms. The number of carbonyl (C=O) groups is 3. The zero-order valence-corrected chi connectivity index (χ0v) is 23.4. The predicted molar refractivity (Wildman–Crippen MR) is 146 cm³/mol. The molecule has 0 radical (unpaired) electrons. The second-order valence-electron chi connectivity index (χ2n) is 10.3. The van der Waals surface area contributed by atoms with E-state index < -0.39 is 17.8 Å². The van der Waals surface area contributed by atoms with Gasteiger partial charge in [-0.15, -0.1) is 0 Å². The van der Waals surface area contributed by atoms with Gasteiger partial charge in [-0.2, -0.15) is 0 Å². The van der Waals surface area contributed by atoms with E-state index in [2.05, 4.69) is 15.5 Å². The van der Waals surface area contributed by atoms with Crippen molar-refractivity contribution < 1.29 is 28.6 Å². The standard InChI is InChI=1S/C27H47N5O6/c1-27(2,3)38-26(35)30-15-9-8-12-22(28)18-32(19-23(29)13-14-24(33)36-4)17-16-31-25(34)37-20-21-10-6-5-7-11-21/h5-7,10-11,22-23H,8-9,12-20,28-29H2,1-4H3,(H,30,35)(H,31,34). The minimum absolute atomic E-state index is 0.116. The number of ether oxygens (including phenoxy) is 3. The number of hydrogen-bond donors (Lipinski definition) is 4. The second kappa shape index (κ2) is 18.4. The van der Waals surface area contributed by atoms with Gasteiger partial charge >= 0.3 is 18.2 Å². The van der Waals surface area contributed by atoms with E-state index in [0.717, 1.165) is 24.8 Å². The molecule has 0 bridgehead atoms. The first-order valence-electron chi connectivity index (χ1n) is 13.2. The largest absolute Gasteiger partial charge is 0.469 e. The average Bonchev–Trinajstić information content (AvgIpc) is 2.85. The van der Waals surface area contributed by atoms with Crippen LogP contribution < -0.4 is 22.1 Å². The van der Waals surface area contributed by atoms with Gasteiger partial charge in [0, 0.05) is 51.2 Å². The van der Waals surface area contributed by atoms with Crippen LogP contribution >= 0.6 is 0 Å². The van der Waals surface area contributed by atoms with Gasteiger partial charge in [0.05, 0.1) is 7.11 Å². The molecule has 2 atom stereocenters. The molecule has 1 aromatic carbocycles. The van der Waals surface area contributed by atoms with Gasteiger partial charge in [-0.05, 0) is 45.6 Å². The lowest BCUT2D eigenvalue weighted by Crippen LogP contribution is -2.46. The van der Waals surface area contributed by atoms with Gasteiger partial charge in [0.2, 0.25) is 0 Å². The predicted octanol–water partition coefficient (Wildman–Crippen LogP) is 2.52. The molecule has 0 spiro atoms. The van der Waals surface area contributed by atoms with Gasteiger partial charge in [0.1, 0.15) is 12.2 Å². The summed E-state index contributed by atoms with van der Waals surface area (Å²) < 4.78 is 15.2. The van der Waals surface area contributed by atoms with Crippen LogP contribution in [0.25, 0.3) is 0 Å². The quantitative estimate of drug-likeness (QED) is 0.133. The number of rotatable bonds is 17. The molecule has 11 nitrogen and oxygen atoms in total. The molecular weight excluding hydrogens is 490 g/mol. The number of esters is 1. The van der Waals surface area contributed by atoms with Crippen molar-refractivity contribution in [1.82, 2.24) is 15.5 Å². The summed E-state index contributed by atoms with van der Waals surface area (Å²) >= 11 is 0. The van der Waals surface area contributed by atoms with Crippen molar-refractivity contribution in [3.05, 3.63) is 35.9 Å². The van der Waals surface area contributed by atoms with Crippen molar-refractivity contribution in [1.29, 1.82) is 0 Å². The maximum absolute atomic E-state index is 12.1. The summed E-state index contributed by atoms with van der Waals surface area (Å²) in [4.78, 5) is 37.4. The van der Waals surface area contributed by atoms with E-state index in [-0.39, 0.29) is 31.1 Å². The Hall–Kier alpha value is -2.89. The number of carbonyl (C=O) groups excluding carboxylic acids is 3. The van der Waals surface area contributed by atoms with Crippen molar-refractivity contribution in [3.8, 4) is 0 Å². The van der Waals surface area contributed by atoms with Crippen molar-refractivity contribution in [2.45, 2.75) is 77.2 Å². The number of alkyl carbamates (subject to hydrolysis) is 2. The Labute approximate surface area is 226 Å². The third kappa shape index (κ3) is 17.5. The summed E-state index contributed by atoms with van der Waals surface area (Å²) in [5.74, 6) is -0.300. The molecule has 0 heterocycles. The minimum atomic E-state index is -0.527. The van der Waals surface area contributed by atoms with Crippen LogP contribution in [0, 0.1) is 0 Å². The Bertz CT molecular complexity index is 818. The second-order valence-corrected chi connectivity index (χ2v) is 10.3. The normalized spacial score (nSPS) is 12.9. The van der Waals surface area contributed by atoms with E-state index >= 15 is 0 Å². The Morgan fingerprint density at radius 3 is 2.18 bits per heavy atom. The third-order valence-corrected chi connectivity index (χ3v) is 5.51. The maximum atomic E-state index is 12.1. The van der Waals surface area contributed by atoms with Gasteiger partial charge < -0.3 is 36.3 Å². The van der Waals surface area contributed by atoms with Gasteiger partial charge in [0.15, 0.2) is 0 Å². The fraction of sp³-hybridized carbons (Fsp3) is 0.667. The molecule has 0 fully saturated rings. The number of nitrogens with one attached hydrogen (secondary N) is 2. The first-order valence-corrected chi connectivity index (χ1v) is 13.2. The van der Waals surface area contributed by atoms with Crippen LogP contribution in [-0.2, 0) is 25.6 Å². The van der Waals surface area contributed by atoms with Gasteiger partial charge in [0.25, 0.3) is 0 Å². The number of nitrogens with two attached hydrogens (primary N) is 2. The molecule has 0 saturated heterocycles. The molecule has 2 unspecified atom stereocenters. The molecule has 0 aliphatic heterocycles. The van der Waals surface area contributed by atoms with E-state index in [4.69, 9.17) is 25.7 Å². The van der Waals surface area contributed by atoms with E-state index in [0.29, 0.717) is 39.1 Å². The number of unbranched alkanes of at least 4 members (excludes halogenated alkanes) is 1. The number of nitrogens with zero attached hydrogens (tertiary/aromatic N) is 1. The van der Waals surface area contributed by atoms with Crippen molar-refractivity contribution in [3.63, 3.8) is 0 Å². The Kier molecular flexibility index (Phi) is 16.0. The highest BCUT2D eigenvalue weighted by Crippen LogP contribution is 2.07. The molecule has 6 N–H and O–H groups in total. The molecule has 2 amide bonds. The zero-order chi connectivity index (χ0) is 28.4. The first-order chi connectivity index (χ1) is 18.0. The molecule has 216 valence electrons. The highest BCUT2D eigenvalue weighted by Gasteiger charge is 2.17. The van der Waals surface area contributed by atoms with Gasteiger partial charge in [-0.3, -0.25) is 9.69 Å². The number of hydrogen-bond acceptors (Lipinski definition) is 9. The van der Waals surface area contributed by atoms with Crippen molar-refractivity contribution >= 4 is 18.2 Å². The number of benzene rings is 1. The van der Waals surface area contributed by atoms with Crippen molar-refractivity contribution in [2.75, 3.05) is 39.8 Å². The molecule has 38 heavy (non-hydrogen) atoms. The Balaban J connectivity index is 2.44. The van der Waals surface area contributed by atoms with Crippen LogP contribution in [0.1, 0.15) is 58.4 Å². The Morgan fingerprint density at radius 1 is 0.921 bits per heavy atom. The van der Waals surface area contributed by atoms with Crippen LogP contribution in [0.3, 0.4) is 0 Å². The van der Waals surface area contributed by atoms with Crippen LogP contribution in [0.5, 0.6) is 0 Å². The zero-order valence-electron chi connectivity index (χ0n) is 23.4. The number of amides is 2. The lowest BCUT2D eigenvalue weighted by atomic mass is 10.1.